The Labute approximate surface area is 127 Å². The molecule has 0 spiro atoms. The molecule has 0 radical (unpaired) electrons. The largest absolute Gasteiger partial charge is 0.378 e. The minimum atomic E-state index is -0.0563. The summed E-state index contributed by atoms with van der Waals surface area (Å²) in [5.74, 6) is 0.0766. The van der Waals surface area contributed by atoms with E-state index in [9.17, 15) is 9.59 Å². The van der Waals surface area contributed by atoms with Crippen LogP contribution in [-0.2, 0) is 14.3 Å². The molecule has 4 heteroatoms. The van der Waals surface area contributed by atoms with E-state index in [-0.39, 0.29) is 17.0 Å². The van der Waals surface area contributed by atoms with Gasteiger partial charge < -0.3 is 9.64 Å². The van der Waals surface area contributed by atoms with Crippen LogP contribution in [0.15, 0.2) is 11.3 Å². The van der Waals surface area contributed by atoms with Crippen LogP contribution in [0.1, 0.15) is 52.9 Å². The summed E-state index contributed by atoms with van der Waals surface area (Å²) in [6.45, 7) is 9.20. The first-order valence-electron chi connectivity index (χ1n) is 8.07. The van der Waals surface area contributed by atoms with Gasteiger partial charge in [0.1, 0.15) is 0 Å². The molecule has 0 aromatic heterocycles. The summed E-state index contributed by atoms with van der Waals surface area (Å²) < 4.78 is 5.40. The molecule has 2 rings (SSSR count). The number of unbranched alkanes of at least 4 members (excludes halogenated alkanes) is 1. The third-order valence-corrected chi connectivity index (χ3v) is 4.28. The molecule has 1 heterocycles. The summed E-state index contributed by atoms with van der Waals surface area (Å²) in [7, 11) is 0. The number of ether oxygens (including phenoxy) is 1. The minimum Gasteiger partial charge on any atom is -0.378 e. The van der Waals surface area contributed by atoms with Crippen LogP contribution in [0.4, 0.5) is 0 Å². The number of carbonyl (C=O) groups excluding carboxylic acids is 2. The summed E-state index contributed by atoms with van der Waals surface area (Å²) in [6, 6.07) is 0. The molecule has 21 heavy (non-hydrogen) atoms. The Morgan fingerprint density at radius 1 is 1.24 bits per heavy atom. The van der Waals surface area contributed by atoms with Gasteiger partial charge in [0.2, 0.25) is 0 Å². The molecule has 0 N–H and O–H groups in total. The van der Waals surface area contributed by atoms with Gasteiger partial charge >= 0.3 is 0 Å². The quantitative estimate of drug-likeness (QED) is 0.731. The molecule has 1 aliphatic carbocycles. The highest BCUT2D eigenvalue weighted by Gasteiger charge is 2.37. The molecule has 118 valence electrons. The van der Waals surface area contributed by atoms with Crippen molar-refractivity contribution in [2.24, 2.45) is 5.41 Å². The second-order valence-electron chi connectivity index (χ2n) is 6.89. The first-order valence-corrected chi connectivity index (χ1v) is 8.07. The average Bonchev–Trinajstić information content (AvgIpc) is 2.44. The molecule has 0 unspecified atom stereocenters. The van der Waals surface area contributed by atoms with Gasteiger partial charge in [-0.05, 0) is 18.3 Å². The van der Waals surface area contributed by atoms with E-state index < -0.39 is 0 Å². The second kappa shape index (κ2) is 6.73. The van der Waals surface area contributed by atoms with Gasteiger partial charge in [-0.2, -0.15) is 0 Å². The molecule has 2 aliphatic rings. The summed E-state index contributed by atoms with van der Waals surface area (Å²) in [5.41, 5.74) is 1.41. The predicted octanol–water partition coefficient (Wildman–Crippen LogP) is 2.72. The molecule has 1 fully saturated rings. The van der Waals surface area contributed by atoms with Crippen LogP contribution >= 0.6 is 0 Å². The second-order valence-corrected chi connectivity index (χ2v) is 6.89. The van der Waals surface area contributed by atoms with E-state index in [1.807, 2.05) is 0 Å². The lowest BCUT2D eigenvalue weighted by molar-refractivity contribution is -0.123. The fourth-order valence-corrected chi connectivity index (χ4v) is 3.17. The first kappa shape index (κ1) is 16.2. The first-order chi connectivity index (χ1) is 9.94. The van der Waals surface area contributed by atoms with Gasteiger partial charge in [-0.1, -0.05) is 27.2 Å². The number of hydrogen-bond acceptors (Lipinski definition) is 4. The number of allylic oxidation sites excluding steroid dienone is 2. The number of hydrogen-bond donors (Lipinski definition) is 0. The van der Waals surface area contributed by atoms with E-state index in [0.29, 0.717) is 31.6 Å². The Morgan fingerprint density at radius 2 is 1.90 bits per heavy atom. The third kappa shape index (κ3) is 3.94. The van der Waals surface area contributed by atoms with E-state index in [1.165, 1.54) is 0 Å². The van der Waals surface area contributed by atoms with Gasteiger partial charge in [0.05, 0.1) is 18.8 Å². The van der Waals surface area contributed by atoms with Crippen molar-refractivity contribution in [2.75, 3.05) is 26.3 Å². The number of ketones is 2. The maximum absolute atomic E-state index is 12.5. The van der Waals surface area contributed by atoms with Crippen molar-refractivity contribution in [3.8, 4) is 0 Å². The molecule has 0 aromatic rings. The standard InChI is InChI=1S/C17H27NO3/c1-4-5-6-14(19)16-13(18-7-9-21-10-8-18)11-17(2,3)12-15(16)20/h4-12H2,1-3H3. The Morgan fingerprint density at radius 3 is 2.52 bits per heavy atom. The van der Waals surface area contributed by atoms with Gasteiger partial charge in [0.25, 0.3) is 0 Å². The van der Waals surface area contributed by atoms with Crippen LogP contribution in [0.5, 0.6) is 0 Å². The molecule has 4 nitrogen and oxygen atoms in total. The average molecular weight is 293 g/mol. The van der Waals surface area contributed by atoms with Gasteiger partial charge in [-0.3, -0.25) is 9.59 Å². The van der Waals surface area contributed by atoms with E-state index in [1.54, 1.807) is 0 Å². The van der Waals surface area contributed by atoms with Crippen LogP contribution in [0, 0.1) is 5.41 Å². The molecular weight excluding hydrogens is 266 g/mol. The Balaban J connectivity index is 2.31. The lowest BCUT2D eigenvalue weighted by Gasteiger charge is -2.39. The predicted molar refractivity (Wildman–Crippen MR) is 82.0 cm³/mol. The summed E-state index contributed by atoms with van der Waals surface area (Å²) in [5, 5.41) is 0. The monoisotopic (exact) mass is 293 g/mol. The zero-order valence-electron chi connectivity index (χ0n) is 13.5. The van der Waals surface area contributed by atoms with Gasteiger partial charge in [-0.15, -0.1) is 0 Å². The molecule has 1 aliphatic heterocycles. The van der Waals surface area contributed by atoms with Crippen LogP contribution in [0.3, 0.4) is 0 Å². The molecular formula is C17H27NO3. The maximum Gasteiger partial charge on any atom is 0.168 e. The summed E-state index contributed by atoms with van der Waals surface area (Å²) >= 11 is 0. The number of rotatable bonds is 5. The van der Waals surface area contributed by atoms with E-state index in [4.69, 9.17) is 4.74 Å². The van der Waals surface area contributed by atoms with Crippen LogP contribution in [0.25, 0.3) is 0 Å². The van der Waals surface area contributed by atoms with Crippen LogP contribution < -0.4 is 0 Å². The van der Waals surface area contributed by atoms with Crippen LogP contribution in [0.2, 0.25) is 0 Å². The van der Waals surface area contributed by atoms with E-state index in [2.05, 4.69) is 25.7 Å². The Hall–Kier alpha value is -1.16. The fourth-order valence-electron chi connectivity index (χ4n) is 3.17. The lowest BCUT2D eigenvalue weighted by atomic mass is 9.74. The SMILES string of the molecule is CCCCC(=O)C1=C(N2CCOCC2)CC(C)(C)CC1=O. The summed E-state index contributed by atoms with van der Waals surface area (Å²) in [4.78, 5) is 27.2. The minimum absolute atomic E-state index is 0.0360. The smallest absolute Gasteiger partial charge is 0.168 e. The van der Waals surface area contributed by atoms with Gasteiger partial charge in [0.15, 0.2) is 11.6 Å². The Kier molecular flexibility index (Phi) is 5.20. The van der Waals surface area contributed by atoms with E-state index >= 15 is 0 Å². The van der Waals surface area contributed by atoms with Gasteiger partial charge in [-0.25, -0.2) is 0 Å². The lowest BCUT2D eigenvalue weighted by Crippen LogP contribution is -2.41. The molecule has 0 atom stereocenters. The highest BCUT2D eigenvalue weighted by molar-refractivity contribution is 6.21. The fraction of sp³-hybridized carbons (Fsp3) is 0.765. The molecule has 0 bridgehead atoms. The molecule has 0 saturated carbocycles. The third-order valence-electron chi connectivity index (χ3n) is 4.28. The zero-order chi connectivity index (χ0) is 15.5. The zero-order valence-corrected chi connectivity index (χ0v) is 13.5. The van der Waals surface area contributed by atoms with Crippen molar-refractivity contribution in [1.29, 1.82) is 0 Å². The molecule has 1 saturated heterocycles. The maximum atomic E-state index is 12.5. The van der Waals surface area contributed by atoms with Crippen molar-refractivity contribution in [2.45, 2.75) is 52.9 Å². The molecule has 0 amide bonds. The van der Waals surface area contributed by atoms with Crippen molar-refractivity contribution in [1.82, 2.24) is 4.90 Å². The number of morpholine rings is 1. The highest BCUT2D eigenvalue weighted by Crippen LogP contribution is 2.39. The summed E-state index contributed by atoms with van der Waals surface area (Å²) in [6.07, 6.45) is 3.62. The number of nitrogens with zero attached hydrogens (tertiary/aromatic N) is 1. The molecule has 0 aromatic carbocycles. The Bertz CT molecular complexity index is 445. The number of carbonyl (C=O) groups is 2. The normalized spacial score (nSPS) is 22.6. The van der Waals surface area contributed by atoms with Crippen molar-refractivity contribution in [3.05, 3.63) is 11.3 Å². The van der Waals surface area contributed by atoms with Crippen molar-refractivity contribution >= 4 is 11.6 Å². The topological polar surface area (TPSA) is 46.6 Å². The highest BCUT2D eigenvalue weighted by atomic mass is 16.5. The number of Topliss-reactive ketones (excluding diaryl/α,β-unsaturated/α-hetero) is 2. The van der Waals surface area contributed by atoms with Gasteiger partial charge in [0, 0.05) is 31.6 Å². The van der Waals surface area contributed by atoms with Crippen molar-refractivity contribution in [3.63, 3.8) is 0 Å². The van der Waals surface area contributed by atoms with Crippen molar-refractivity contribution < 1.29 is 14.3 Å². The van der Waals surface area contributed by atoms with Crippen LogP contribution in [-0.4, -0.2) is 42.8 Å². The van der Waals surface area contributed by atoms with E-state index in [0.717, 1.165) is 38.0 Å².